The van der Waals surface area contributed by atoms with Crippen molar-refractivity contribution in [3.63, 3.8) is 0 Å². The quantitative estimate of drug-likeness (QED) is 0.840. The Morgan fingerprint density at radius 3 is 2.61 bits per heavy atom. The van der Waals surface area contributed by atoms with E-state index in [2.05, 4.69) is 10.4 Å². The number of benzene rings is 1. The number of amides is 2. The molecule has 1 aromatic heterocycles. The number of nitrogens with zero attached hydrogens (tertiary/aromatic N) is 2. The van der Waals surface area contributed by atoms with Crippen LogP contribution in [0.15, 0.2) is 35.1 Å². The number of aromatic amines is 1. The van der Waals surface area contributed by atoms with E-state index in [1.54, 1.807) is 25.7 Å². The van der Waals surface area contributed by atoms with Gasteiger partial charge in [0.15, 0.2) is 0 Å². The predicted molar refractivity (Wildman–Crippen MR) is 104 cm³/mol. The summed E-state index contributed by atoms with van der Waals surface area (Å²) in [4.78, 5) is 38.5. The first-order valence-electron chi connectivity index (χ1n) is 9.37. The molecule has 0 unspecified atom stereocenters. The Labute approximate surface area is 163 Å². The number of para-hydroxylation sites is 1. The zero-order chi connectivity index (χ0) is 20.3. The van der Waals surface area contributed by atoms with E-state index in [9.17, 15) is 14.4 Å². The highest BCUT2D eigenvalue weighted by Gasteiger charge is 2.26. The maximum Gasteiger partial charge on any atom is 0.407 e. The topological polar surface area (TPSA) is 96.4 Å². The number of alkyl carbamates (subject to hydrolysis) is 1. The first kappa shape index (κ1) is 19.7. The first-order chi connectivity index (χ1) is 13.2. The van der Waals surface area contributed by atoms with Gasteiger partial charge in [0.2, 0.25) is 5.91 Å². The van der Waals surface area contributed by atoms with Crippen molar-refractivity contribution in [2.24, 2.45) is 0 Å². The van der Waals surface area contributed by atoms with E-state index in [0.29, 0.717) is 18.5 Å². The van der Waals surface area contributed by atoms with Crippen LogP contribution < -0.4 is 10.9 Å². The molecule has 8 nitrogen and oxygen atoms in total. The lowest BCUT2D eigenvalue weighted by Crippen LogP contribution is -2.40. The normalized spacial score (nSPS) is 13.8. The molecule has 0 atom stereocenters. The molecule has 2 heterocycles. The molecule has 1 aliphatic heterocycles. The van der Waals surface area contributed by atoms with Crippen molar-refractivity contribution < 1.29 is 14.3 Å². The SMILES string of the molecule is CC(C)(C)OC(=O)NCCC(=O)N1CCc2[nH]n(-c3ccccc3)c(=O)c2C1. The van der Waals surface area contributed by atoms with Gasteiger partial charge >= 0.3 is 6.09 Å². The number of rotatable bonds is 4. The maximum atomic E-state index is 12.7. The van der Waals surface area contributed by atoms with E-state index in [0.717, 1.165) is 11.4 Å². The van der Waals surface area contributed by atoms with Crippen LogP contribution in [-0.2, 0) is 22.5 Å². The third-order valence-electron chi connectivity index (χ3n) is 4.43. The molecule has 0 spiro atoms. The average molecular weight is 386 g/mol. The number of fused-ring (bicyclic) bond motifs is 1. The third-order valence-corrected chi connectivity index (χ3v) is 4.43. The Morgan fingerprint density at radius 1 is 1.21 bits per heavy atom. The van der Waals surface area contributed by atoms with Crippen molar-refractivity contribution in [2.45, 2.75) is 45.8 Å². The van der Waals surface area contributed by atoms with Gasteiger partial charge in [0, 0.05) is 31.6 Å². The Balaban J connectivity index is 1.59. The molecule has 150 valence electrons. The molecule has 28 heavy (non-hydrogen) atoms. The predicted octanol–water partition coefficient (Wildman–Crippen LogP) is 1.97. The summed E-state index contributed by atoms with van der Waals surface area (Å²) in [5.41, 5.74) is 1.53. The summed E-state index contributed by atoms with van der Waals surface area (Å²) in [5.74, 6) is -0.103. The van der Waals surface area contributed by atoms with Crippen molar-refractivity contribution in [3.05, 3.63) is 51.9 Å². The summed E-state index contributed by atoms with van der Waals surface area (Å²) >= 11 is 0. The molecule has 1 aliphatic rings. The second-order valence-electron chi connectivity index (χ2n) is 7.79. The fourth-order valence-corrected chi connectivity index (χ4v) is 3.12. The van der Waals surface area contributed by atoms with Gasteiger partial charge in [-0.2, -0.15) is 0 Å². The van der Waals surface area contributed by atoms with E-state index in [1.165, 1.54) is 4.68 Å². The number of nitrogens with one attached hydrogen (secondary N) is 2. The molecule has 0 aliphatic carbocycles. The van der Waals surface area contributed by atoms with E-state index < -0.39 is 11.7 Å². The third kappa shape index (κ3) is 4.62. The van der Waals surface area contributed by atoms with Gasteiger partial charge < -0.3 is 15.0 Å². The van der Waals surface area contributed by atoms with Crippen LogP contribution >= 0.6 is 0 Å². The average Bonchev–Trinajstić information content (AvgIpc) is 2.97. The second kappa shape index (κ2) is 7.92. The number of carbonyl (C=O) groups excluding carboxylic acids is 2. The van der Waals surface area contributed by atoms with Gasteiger partial charge in [0.25, 0.3) is 5.56 Å². The molecule has 2 N–H and O–H groups in total. The smallest absolute Gasteiger partial charge is 0.407 e. The van der Waals surface area contributed by atoms with Gasteiger partial charge in [-0.1, -0.05) is 18.2 Å². The van der Waals surface area contributed by atoms with Gasteiger partial charge in [0.05, 0.1) is 17.8 Å². The molecule has 2 aromatic rings. The summed E-state index contributed by atoms with van der Waals surface area (Å²) in [6.45, 7) is 6.34. The fourth-order valence-electron chi connectivity index (χ4n) is 3.12. The second-order valence-corrected chi connectivity index (χ2v) is 7.79. The van der Waals surface area contributed by atoms with Gasteiger partial charge in [-0.25, -0.2) is 9.48 Å². The Hall–Kier alpha value is -3.03. The van der Waals surface area contributed by atoms with Gasteiger partial charge in [-0.15, -0.1) is 0 Å². The molecular weight excluding hydrogens is 360 g/mol. The number of H-pyrrole nitrogens is 1. The molecule has 1 aromatic carbocycles. The van der Waals surface area contributed by atoms with Crippen molar-refractivity contribution in [1.82, 2.24) is 20.0 Å². The molecule has 0 saturated carbocycles. The summed E-state index contributed by atoms with van der Waals surface area (Å²) < 4.78 is 6.67. The minimum Gasteiger partial charge on any atom is -0.444 e. The van der Waals surface area contributed by atoms with E-state index in [4.69, 9.17) is 4.74 Å². The summed E-state index contributed by atoms with van der Waals surface area (Å²) in [7, 11) is 0. The van der Waals surface area contributed by atoms with Crippen LogP contribution in [0.1, 0.15) is 38.4 Å². The lowest BCUT2D eigenvalue weighted by molar-refractivity contribution is -0.132. The van der Waals surface area contributed by atoms with Crippen LogP contribution in [0.3, 0.4) is 0 Å². The minimum absolute atomic E-state index is 0.103. The monoisotopic (exact) mass is 386 g/mol. The van der Waals surface area contributed by atoms with Gasteiger partial charge in [-0.3, -0.25) is 14.7 Å². The van der Waals surface area contributed by atoms with E-state index in [-0.39, 0.29) is 31.0 Å². The molecule has 0 bridgehead atoms. The maximum absolute atomic E-state index is 12.7. The van der Waals surface area contributed by atoms with Crippen LogP contribution in [0.25, 0.3) is 5.69 Å². The number of hydrogen-bond donors (Lipinski definition) is 2. The molecule has 0 saturated heterocycles. The lowest BCUT2D eigenvalue weighted by atomic mass is 10.1. The number of carbonyl (C=O) groups is 2. The van der Waals surface area contributed by atoms with Crippen molar-refractivity contribution in [1.29, 1.82) is 0 Å². The van der Waals surface area contributed by atoms with Crippen LogP contribution in [0.5, 0.6) is 0 Å². The van der Waals surface area contributed by atoms with Crippen LogP contribution in [-0.4, -0.2) is 45.4 Å². The highest BCUT2D eigenvalue weighted by Crippen LogP contribution is 2.16. The summed E-state index contributed by atoms with van der Waals surface area (Å²) in [6.07, 6.45) is 0.208. The van der Waals surface area contributed by atoms with Crippen molar-refractivity contribution in [2.75, 3.05) is 13.1 Å². The molecule has 0 radical (unpaired) electrons. The molecule has 8 heteroatoms. The highest BCUT2D eigenvalue weighted by molar-refractivity contribution is 5.77. The summed E-state index contributed by atoms with van der Waals surface area (Å²) in [5, 5.41) is 5.73. The van der Waals surface area contributed by atoms with E-state index in [1.807, 2.05) is 30.3 Å². The van der Waals surface area contributed by atoms with Gasteiger partial charge in [0.1, 0.15) is 5.60 Å². The van der Waals surface area contributed by atoms with Crippen LogP contribution in [0, 0.1) is 0 Å². The Bertz CT molecular complexity index is 909. The van der Waals surface area contributed by atoms with E-state index >= 15 is 0 Å². The Kier molecular flexibility index (Phi) is 5.58. The molecular formula is C20H26N4O4. The largest absolute Gasteiger partial charge is 0.444 e. The summed E-state index contributed by atoms with van der Waals surface area (Å²) in [6, 6.07) is 9.34. The fraction of sp³-hybridized carbons (Fsp3) is 0.450. The zero-order valence-corrected chi connectivity index (χ0v) is 16.4. The van der Waals surface area contributed by atoms with Crippen molar-refractivity contribution >= 4 is 12.0 Å². The number of hydrogen-bond acceptors (Lipinski definition) is 4. The number of ether oxygens (including phenoxy) is 1. The molecule has 3 rings (SSSR count). The Morgan fingerprint density at radius 2 is 1.93 bits per heavy atom. The molecule has 0 fully saturated rings. The minimum atomic E-state index is -0.579. The highest BCUT2D eigenvalue weighted by atomic mass is 16.6. The first-order valence-corrected chi connectivity index (χ1v) is 9.37. The van der Waals surface area contributed by atoms with Gasteiger partial charge in [-0.05, 0) is 32.9 Å². The zero-order valence-electron chi connectivity index (χ0n) is 16.4. The van der Waals surface area contributed by atoms with Crippen LogP contribution in [0.2, 0.25) is 0 Å². The number of aromatic nitrogens is 2. The van der Waals surface area contributed by atoms with Crippen molar-refractivity contribution in [3.8, 4) is 5.69 Å². The van der Waals surface area contributed by atoms with Crippen LogP contribution in [0.4, 0.5) is 4.79 Å². The lowest BCUT2D eigenvalue weighted by Gasteiger charge is -2.26. The standard InChI is InChI=1S/C20H26N4O4/c1-20(2,3)28-19(27)21-11-9-17(25)23-12-10-16-15(13-23)18(26)24(22-16)14-7-5-4-6-8-14/h4-8,22H,9-13H2,1-3H3,(H,21,27). The molecule has 2 amide bonds.